The summed E-state index contributed by atoms with van der Waals surface area (Å²) < 4.78 is 0. The van der Waals surface area contributed by atoms with Gasteiger partial charge >= 0.3 is 0 Å². The van der Waals surface area contributed by atoms with Crippen LogP contribution in [-0.2, 0) is 25.7 Å². The van der Waals surface area contributed by atoms with E-state index in [-0.39, 0.29) is 0 Å². The molecule has 0 heterocycles. The van der Waals surface area contributed by atoms with Crippen LogP contribution in [0.25, 0.3) is 0 Å². The van der Waals surface area contributed by atoms with E-state index in [1.54, 1.807) is 0 Å². The summed E-state index contributed by atoms with van der Waals surface area (Å²) in [7, 11) is 0. The van der Waals surface area contributed by atoms with Crippen molar-refractivity contribution in [2.24, 2.45) is 0 Å². The quantitative estimate of drug-likeness (QED) is 0.361. The molecule has 3 nitrogen and oxygen atoms in total. The standard InChI is InChI=1S/C31H40N2O/c1-4-33(5-2)19-18-24-10-12-25(13-11-24)20-23(3)32-31-9-7-6-8-30(31)28-15-14-27-22-29(34)17-16-26(27)21-28/h6-13,16-17,22-23,28,32,34H,4-5,14-15,18-21H2,1-3H3. The predicted octanol–water partition coefficient (Wildman–Crippen LogP) is 6.59. The number of likely N-dealkylation sites (N-methyl/N-ethyl adjacent to an activating group) is 1. The predicted molar refractivity (Wildman–Crippen MR) is 144 cm³/mol. The molecule has 0 amide bonds. The number of benzene rings is 3. The van der Waals surface area contributed by atoms with Crippen molar-refractivity contribution in [3.8, 4) is 5.75 Å². The molecule has 0 fully saturated rings. The summed E-state index contributed by atoms with van der Waals surface area (Å²) in [5.74, 6) is 0.892. The Bertz CT molecular complexity index is 1060. The van der Waals surface area contributed by atoms with Gasteiger partial charge < -0.3 is 15.3 Å². The van der Waals surface area contributed by atoms with Crippen molar-refractivity contribution in [1.29, 1.82) is 0 Å². The molecular weight excluding hydrogens is 416 g/mol. The molecule has 0 saturated heterocycles. The van der Waals surface area contributed by atoms with Crippen molar-refractivity contribution >= 4 is 5.69 Å². The summed E-state index contributed by atoms with van der Waals surface area (Å²) in [6, 6.07) is 24.2. The van der Waals surface area contributed by atoms with Crippen LogP contribution in [0.5, 0.6) is 5.75 Å². The zero-order valence-electron chi connectivity index (χ0n) is 21.1. The molecule has 1 aliphatic carbocycles. The Hall–Kier alpha value is -2.78. The number of hydrogen-bond donors (Lipinski definition) is 2. The molecule has 34 heavy (non-hydrogen) atoms. The Kier molecular flexibility index (Phi) is 8.29. The SMILES string of the molecule is CCN(CC)CCc1ccc(CC(C)Nc2ccccc2C2CCc3cc(O)ccc3C2)cc1. The van der Waals surface area contributed by atoms with Gasteiger partial charge in [0.1, 0.15) is 5.75 Å². The summed E-state index contributed by atoms with van der Waals surface area (Å²) in [4.78, 5) is 2.48. The molecular formula is C31H40N2O. The normalized spacial score (nSPS) is 16.3. The molecule has 4 rings (SSSR count). The van der Waals surface area contributed by atoms with Gasteiger partial charge in [0, 0.05) is 18.3 Å². The molecule has 180 valence electrons. The van der Waals surface area contributed by atoms with Crippen LogP contribution in [0.2, 0.25) is 0 Å². The third kappa shape index (κ3) is 6.21. The summed E-state index contributed by atoms with van der Waals surface area (Å²) in [5.41, 5.74) is 8.16. The first-order valence-corrected chi connectivity index (χ1v) is 13.0. The minimum Gasteiger partial charge on any atom is -0.508 e. The number of aromatic hydroxyl groups is 1. The second kappa shape index (κ2) is 11.6. The number of phenols is 1. The molecule has 3 aromatic carbocycles. The summed E-state index contributed by atoms with van der Waals surface area (Å²) in [6.45, 7) is 10.1. The van der Waals surface area contributed by atoms with E-state index >= 15 is 0 Å². The lowest BCUT2D eigenvalue weighted by Gasteiger charge is -2.28. The fourth-order valence-corrected chi connectivity index (χ4v) is 5.33. The first kappa shape index (κ1) is 24.3. The van der Waals surface area contributed by atoms with E-state index in [9.17, 15) is 5.11 Å². The van der Waals surface area contributed by atoms with E-state index in [4.69, 9.17) is 0 Å². The van der Waals surface area contributed by atoms with Gasteiger partial charge in [-0.05, 0) is 104 Å². The van der Waals surface area contributed by atoms with E-state index < -0.39 is 0 Å². The highest BCUT2D eigenvalue weighted by Crippen LogP contribution is 2.37. The van der Waals surface area contributed by atoms with Crippen LogP contribution in [0.4, 0.5) is 5.69 Å². The number of nitrogens with one attached hydrogen (secondary N) is 1. The van der Waals surface area contributed by atoms with Crippen LogP contribution in [0.3, 0.4) is 0 Å². The number of aryl methyl sites for hydroxylation is 1. The molecule has 2 atom stereocenters. The van der Waals surface area contributed by atoms with Crippen molar-refractivity contribution in [2.45, 2.75) is 64.8 Å². The molecule has 0 bridgehead atoms. The maximum absolute atomic E-state index is 9.81. The Morgan fingerprint density at radius 2 is 1.68 bits per heavy atom. The maximum Gasteiger partial charge on any atom is 0.115 e. The summed E-state index contributed by atoms with van der Waals surface area (Å²) in [5, 5.41) is 13.6. The molecule has 2 unspecified atom stereocenters. The highest BCUT2D eigenvalue weighted by Gasteiger charge is 2.22. The second-order valence-electron chi connectivity index (χ2n) is 9.82. The van der Waals surface area contributed by atoms with Crippen LogP contribution in [0, 0.1) is 0 Å². The van der Waals surface area contributed by atoms with Gasteiger partial charge in [-0.15, -0.1) is 0 Å². The third-order valence-electron chi connectivity index (χ3n) is 7.40. The zero-order valence-corrected chi connectivity index (χ0v) is 21.1. The molecule has 0 spiro atoms. The number of anilines is 1. The van der Waals surface area contributed by atoms with Gasteiger partial charge in [-0.3, -0.25) is 0 Å². The molecule has 0 aliphatic heterocycles. The minimum absolute atomic E-state index is 0.357. The van der Waals surface area contributed by atoms with Crippen LogP contribution < -0.4 is 5.32 Å². The summed E-state index contributed by atoms with van der Waals surface area (Å²) >= 11 is 0. The number of para-hydroxylation sites is 1. The fourth-order valence-electron chi connectivity index (χ4n) is 5.33. The number of phenolic OH excluding ortho intramolecular Hbond substituents is 1. The van der Waals surface area contributed by atoms with Crippen molar-refractivity contribution < 1.29 is 5.11 Å². The average molecular weight is 457 g/mol. The number of nitrogens with zero attached hydrogens (tertiary/aromatic N) is 1. The van der Waals surface area contributed by atoms with Crippen LogP contribution in [0.1, 0.15) is 60.9 Å². The highest BCUT2D eigenvalue weighted by atomic mass is 16.3. The van der Waals surface area contributed by atoms with Crippen molar-refractivity contribution in [1.82, 2.24) is 4.90 Å². The van der Waals surface area contributed by atoms with Crippen molar-refractivity contribution in [2.75, 3.05) is 25.0 Å². The van der Waals surface area contributed by atoms with Gasteiger partial charge in [0.2, 0.25) is 0 Å². The Labute approximate surface area is 205 Å². The Morgan fingerprint density at radius 3 is 2.44 bits per heavy atom. The van der Waals surface area contributed by atoms with Gasteiger partial charge in [0.25, 0.3) is 0 Å². The van der Waals surface area contributed by atoms with E-state index in [2.05, 4.69) is 85.6 Å². The number of rotatable bonds is 10. The van der Waals surface area contributed by atoms with Gasteiger partial charge in [-0.2, -0.15) is 0 Å². The lowest BCUT2D eigenvalue weighted by Crippen LogP contribution is -2.25. The second-order valence-corrected chi connectivity index (χ2v) is 9.82. The first-order chi connectivity index (χ1) is 16.6. The maximum atomic E-state index is 9.81. The van der Waals surface area contributed by atoms with Crippen LogP contribution in [-0.4, -0.2) is 35.7 Å². The Balaban J connectivity index is 1.37. The molecule has 3 aromatic rings. The van der Waals surface area contributed by atoms with Crippen LogP contribution in [0.15, 0.2) is 66.7 Å². The topological polar surface area (TPSA) is 35.5 Å². The average Bonchev–Trinajstić information content (AvgIpc) is 2.85. The summed E-state index contributed by atoms with van der Waals surface area (Å²) in [6.07, 6.45) is 5.32. The largest absolute Gasteiger partial charge is 0.508 e. The van der Waals surface area contributed by atoms with Gasteiger partial charge in [0.05, 0.1) is 0 Å². The van der Waals surface area contributed by atoms with Gasteiger partial charge in [0.15, 0.2) is 0 Å². The highest BCUT2D eigenvalue weighted by molar-refractivity contribution is 5.55. The third-order valence-corrected chi connectivity index (χ3v) is 7.40. The molecule has 0 saturated carbocycles. The molecule has 1 aliphatic rings. The lowest BCUT2D eigenvalue weighted by atomic mass is 9.79. The first-order valence-electron chi connectivity index (χ1n) is 13.0. The van der Waals surface area contributed by atoms with E-state index in [1.165, 1.54) is 33.5 Å². The fraction of sp³-hybridized carbons (Fsp3) is 0.419. The van der Waals surface area contributed by atoms with E-state index in [0.717, 1.165) is 51.7 Å². The lowest BCUT2D eigenvalue weighted by molar-refractivity contribution is 0.308. The molecule has 3 heteroatoms. The van der Waals surface area contributed by atoms with Crippen molar-refractivity contribution in [3.63, 3.8) is 0 Å². The van der Waals surface area contributed by atoms with E-state index in [1.807, 2.05) is 12.1 Å². The minimum atomic E-state index is 0.357. The van der Waals surface area contributed by atoms with Crippen molar-refractivity contribution in [3.05, 3.63) is 94.5 Å². The van der Waals surface area contributed by atoms with Crippen LogP contribution >= 0.6 is 0 Å². The molecule has 2 N–H and O–H groups in total. The van der Waals surface area contributed by atoms with E-state index in [0.29, 0.717) is 17.7 Å². The van der Waals surface area contributed by atoms with Gasteiger partial charge in [-0.25, -0.2) is 0 Å². The Morgan fingerprint density at radius 1 is 0.941 bits per heavy atom. The van der Waals surface area contributed by atoms with Gasteiger partial charge in [-0.1, -0.05) is 62.4 Å². The monoisotopic (exact) mass is 456 g/mol. The zero-order chi connectivity index (χ0) is 23.9. The number of hydrogen-bond acceptors (Lipinski definition) is 3. The smallest absolute Gasteiger partial charge is 0.115 e. The number of fused-ring (bicyclic) bond motifs is 1. The molecule has 0 radical (unpaired) electrons. The molecule has 0 aromatic heterocycles.